The predicted octanol–water partition coefficient (Wildman–Crippen LogP) is 2.40. The van der Waals surface area contributed by atoms with Crippen molar-refractivity contribution < 1.29 is 34.1 Å². The number of aliphatic carboxylic acids is 1. The zero-order valence-electron chi connectivity index (χ0n) is 15.2. The highest BCUT2D eigenvalue weighted by Crippen LogP contribution is 2.06. The summed E-state index contributed by atoms with van der Waals surface area (Å²) in [6.07, 6.45) is 3.44. The number of allylic oxidation sites excluding steroid dienone is 1. The van der Waals surface area contributed by atoms with Gasteiger partial charge in [-0.15, -0.1) is 0 Å². The molecule has 0 bridgehead atoms. The van der Waals surface area contributed by atoms with Crippen molar-refractivity contribution in [3.05, 3.63) is 36.0 Å². The summed E-state index contributed by atoms with van der Waals surface area (Å²) in [6.45, 7) is 12.2. The van der Waals surface area contributed by atoms with Gasteiger partial charge in [-0.05, 0) is 26.7 Å². The molecule has 25 heavy (non-hydrogen) atoms. The standard InChI is InChI=1S/C12H18O4.C6H10O3/c1-4-5-8-16-12(15)10(3)7-6-9(2)11(13)14;1-5(2)6(8)9-4-3-7/h6H,3-5,7-8H2,1-2H3,(H,13,14);7H,1,3-4H2,2H3. The number of carbonyl (C=O) groups excluding carboxylic acids is 2. The molecule has 0 aromatic carbocycles. The average Bonchev–Trinajstić information content (AvgIpc) is 2.57. The topological polar surface area (TPSA) is 110 Å². The minimum Gasteiger partial charge on any atom is -0.478 e. The second-order valence-electron chi connectivity index (χ2n) is 5.13. The summed E-state index contributed by atoms with van der Waals surface area (Å²) in [5, 5.41) is 16.8. The Balaban J connectivity index is 0. The predicted molar refractivity (Wildman–Crippen MR) is 93.9 cm³/mol. The third-order valence-electron chi connectivity index (χ3n) is 2.68. The molecule has 2 N–H and O–H groups in total. The summed E-state index contributed by atoms with van der Waals surface area (Å²) in [5.41, 5.74) is 0.822. The zero-order chi connectivity index (χ0) is 19.8. The van der Waals surface area contributed by atoms with Gasteiger partial charge in [0, 0.05) is 16.7 Å². The van der Waals surface area contributed by atoms with Gasteiger partial charge >= 0.3 is 17.9 Å². The Kier molecular flexibility index (Phi) is 15.0. The van der Waals surface area contributed by atoms with E-state index in [0.717, 1.165) is 12.8 Å². The number of aliphatic hydroxyl groups is 1. The van der Waals surface area contributed by atoms with Crippen LogP contribution in [0.1, 0.15) is 40.0 Å². The van der Waals surface area contributed by atoms with Crippen LogP contribution in [-0.4, -0.2) is 47.9 Å². The highest BCUT2D eigenvalue weighted by Gasteiger charge is 2.07. The Morgan fingerprint density at radius 2 is 1.60 bits per heavy atom. The van der Waals surface area contributed by atoms with Crippen molar-refractivity contribution in [2.75, 3.05) is 19.8 Å². The van der Waals surface area contributed by atoms with Crippen molar-refractivity contribution in [1.29, 1.82) is 0 Å². The summed E-state index contributed by atoms with van der Waals surface area (Å²) in [5.74, 6) is -1.90. The molecule has 0 heterocycles. The van der Waals surface area contributed by atoms with Gasteiger partial charge in [0.05, 0.1) is 13.2 Å². The molecule has 0 fully saturated rings. The molecule has 0 aliphatic carbocycles. The summed E-state index contributed by atoms with van der Waals surface area (Å²) in [6, 6.07) is 0. The maximum Gasteiger partial charge on any atom is 0.333 e. The van der Waals surface area contributed by atoms with Crippen LogP contribution in [0, 0.1) is 0 Å². The third kappa shape index (κ3) is 14.9. The van der Waals surface area contributed by atoms with E-state index in [-0.39, 0.29) is 30.8 Å². The number of hydrogen-bond donors (Lipinski definition) is 2. The quantitative estimate of drug-likeness (QED) is 0.351. The first kappa shape index (κ1) is 24.8. The molecule has 7 nitrogen and oxygen atoms in total. The zero-order valence-corrected chi connectivity index (χ0v) is 15.2. The summed E-state index contributed by atoms with van der Waals surface area (Å²) in [7, 11) is 0. The van der Waals surface area contributed by atoms with Gasteiger partial charge in [0.2, 0.25) is 0 Å². The molecule has 0 aromatic heterocycles. The van der Waals surface area contributed by atoms with Crippen LogP contribution >= 0.6 is 0 Å². The first-order valence-electron chi connectivity index (χ1n) is 7.85. The summed E-state index contributed by atoms with van der Waals surface area (Å²) in [4.78, 5) is 32.2. The molecule has 0 saturated carbocycles. The van der Waals surface area contributed by atoms with Gasteiger partial charge in [0.25, 0.3) is 0 Å². The molecule has 0 amide bonds. The van der Waals surface area contributed by atoms with Crippen molar-refractivity contribution in [1.82, 2.24) is 0 Å². The molecule has 142 valence electrons. The molecule has 0 rings (SSSR count). The number of aliphatic hydroxyl groups excluding tert-OH is 1. The van der Waals surface area contributed by atoms with Crippen LogP contribution in [0.4, 0.5) is 0 Å². The number of esters is 2. The van der Waals surface area contributed by atoms with E-state index in [1.807, 2.05) is 6.92 Å². The van der Waals surface area contributed by atoms with Gasteiger partial charge in [0.15, 0.2) is 0 Å². The van der Waals surface area contributed by atoms with E-state index in [0.29, 0.717) is 12.2 Å². The van der Waals surface area contributed by atoms with Crippen LogP contribution in [0.5, 0.6) is 0 Å². The molecule has 0 saturated heterocycles. The van der Waals surface area contributed by atoms with Gasteiger partial charge in [-0.3, -0.25) is 0 Å². The van der Waals surface area contributed by atoms with Crippen LogP contribution in [0.25, 0.3) is 0 Å². The van der Waals surface area contributed by atoms with Gasteiger partial charge in [-0.25, -0.2) is 14.4 Å². The first-order valence-corrected chi connectivity index (χ1v) is 7.85. The maximum absolute atomic E-state index is 11.3. The fourth-order valence-corrected chi connectivity index (χ4v) is 1.12. The fourth-order valence-electron chi connectivity index (χ4n) is 1.12. The summed E-state index contributed by atoms with van der Waals surface area (Å²) < 4.78 is 9.39. The van der Waals surface area contributed by atoms with E-state index in [1.54, 1.807) is 6.92 Å². The van der Waals surface area contributed by atoms with Gasteiger partial charge in [-0.1, -0.05) is 32.6 Å². The Morgan fingerprint density at radius 3 is 2.04 bits per heavy atom. The fraction of sp³-hybridized carbons (Fsp3) is 0.500. The lowest BCUT2D eigenvalue weighted by molar-refractivity contribution is -0.140. The molecule has 0 unspecified atom stereocenters. The Labute approximate surface area is 148 Å². The highest BCUT2D eigenvalue weighted by molar-refractivity contribution is 5.89. The molecule has 0 radical (unpaired) electrons. The van der Waals surface area contributed by atoms with E-state index >= 15 is 0 Å². The lowest BCUT2D eigenvalue weighted by atomic mass is 10.1. The highest BCUT2D eigenvalue weighted by atomic mass is 16.5. The molecule has 0 aliphatic rings. The lowest BCUT2D eigenvalue weighted by Gasteiger charge is -2.04. The summed E-state index contributed by atoms with van der Waals surface area (Å²) >= 11 is 0. The number of unbranched alkanes of at least 4 members (excludes halogenated alkanes) is 1. The molecular formula is C18H28O7. The van der Waals surface area contributed by atoms with Gasteiger partial charge < -0.3 is 19.7 Å². The van der Waals surface area contributed by atoms with Crippen molar-refractivity contribution in [3.63, 3.8) is 0 Å². The monoisotopic (exact) mass is 356 g/mol. The Bertz CT molecular complexity index is 504. The van der Waals surface area contributed by atoms with Crippen LogP contribution in [0.15, 0.2) is 36.0 Å². The third-order valence-corrected chi connectivity index (χ3v) is 2.68. The van der Waals surface area contributed by atoms with Crippen LogP contribution in [0.3, 0.4) is 0 Å². The van der Waals surface area contributed by atoms with E-state index in [2.05, 4.69) is 17.9 Å². The van der Waals surface area contributed by atoms with E-state index < -0.39 is 17.9 Å². The van der Waals surface area contributed by atoms with E-state index in [1.165, 1.54) is 13.0 Å². The van der Waals surface area contributed by atoms with Crippen molar-refractivity contribution in [2.45, 2.75) is 40.0 Å². The van der Waals surface area contributed by atoms with Crippen LogP contribution < -0.4 is 0 Å². The Morgan fingerprint density at radius 1 is 1.04 bits per heavy atom. The van der Waals surface area contributed by atoms with E-state index in [4.69, 9.17) is 14.9 Å². The number of carboxylic acid groups (broad SMARTS) is 1. The second kappa shape index (κ2) is 15.1. The number of ether oxygens (including phenoxy) is 2. The smallest absolute Gasteiger partial charge is 0.333 e. The van der Waals surface area contributed by atoms with Gasteiger partial charge in [0.1, 0.15) is 6.61 Å². The number of carboxylic acids is 1. The van der Waals surface area contributed by atoms with Crippen molar-refractivity contribution in [3.8, 4) is 0 Å². The van der Waals surface area contributed by atoms with E-state index in [9.17, 15) is 14.4 Å². The SMILES string of the molecule is C=C(C)C(=O)OCCO.C=C(CC=C(C)C(=O)O)C(=O)OCCCC. The minimum atomic E-state index is -0.993. The first-order chi connectivity index (χ1) is 11.7. The van der Waals surface area contributed by atoms with Crippen molar-refractivity contribution in [2.24, 2.45) is 0 Å². The van der Waals surface area contributed by atoms with Gasteiger partial charge in [-0.2, -0.15) is 0 Å². The minimum absolute atomic E-state index is 0.0473. The van der Waals surface area contributed by atoms with Crippen LogP contribution in [0.2, 0.25) is 0 Å². The van der Waals surface area contributed by atoms with Crippen molar-refractivity contribution >= 4 is 17.9 Å². The maximum atomic E-state index is 11.3. The number of hydrogen-bond acceptors (Lipinski definition) is 6. The number of carbonyl (C=O) groups is 3. The largest absolute Gasteiger partial charge is 0.478 e. The number of rotatable bonds is 10. The second-order valence-corrected chi connectivity index (χ2v) is 5.13. The molecule has 0 spiro atoms. The molecule has 0 atom stereocenters. The molecule has 7 heteroatoms. The normalized spacial score (nSPS) is 10.2. The Hall–Kier alpha value is -2.41. The average molecular weight is 356 g/mol. The molecule has 0 aliphatic heterocycles. The van der Waals surface area contributed by atoms with Crippen LogP contribution in [-0.2, 0) is 23.9 Å². The molecule has 0 aromatic rings. The molecular weight excluding hydrogens is 328 g/mol. The lowest BCUT2D eigenvalue weighted by Crippen LogP contribution is -2.08.